The molecule has 1 aromatic rings. The Balaban J connectivity index is 2.73. The van der Waals surface area contributed by atoms with Crippen LogP contribution in [0.4, 0.5) is 5.69 Å². The first-order valence-electron chi connectivity index (χ1n) is 5.21. The van der Waals surface area contributed by atoms with E-state index in [0.717, 1.165) is 10.0 Å². The first-order valence-corrected chi connectivity index (χ1v) is 7.65. The lowest BCUT2D eigenvalue weighted by atomic mass is 10.2. The van der Waals surface area contributed by atoms with E-state index in [9.17, 15) is 8.42 Å². The van der Waals surface area contributed by atoms with Crippen molar-refractivity contribution in [2.75, 3.05) is 24.2 Å². The molecule has 0 atom stereocenters. The second-order valence-electron chi connectivity index (χ2n) is 3.68. The minimum absolute atomic E-state index is 0.0623. The van der Waals surface area contributed by atoms with Gasteiger partial charge in [-0.2, -0.15) is 0 Å². The zero-order chi connectivity index (χ0) is 12.9. The number of hydrogen-bond acceptors (Lipinski definition) is 3. The van der Waals surface area contributed by atoms with Gasteiger partial charge in [0.15, 0.2) is 0 Å². The van der Waals surface area contributed by atoms with Crippen molar-refractivity contribution >= 4 is 31.6 Å². The molecule has 4 nitrogen and oxygen atoms in total. The third-order valence-electron chi connectivity index (χ3n) is 2.29. The molecule has 0 aliphatic heterocycles. The molecule has 0 unspecified atom stereocenters. The van der Waals surface area contributed by atoms with E-state index in [1.165, 1.54) is 0 Å². The molecule has 6 heteroatoms. The highest BCUT2D eigenvalue weighted by atomic mass is 79.9. The quantitative estimate of drug-likeness (QED) is 0.819. The first kappa shape index (κ1) is 14.5. The molecule has 0 bridgehead atoms. The number of methoxy groups -OCH3 is 1. The fraction of sp³-hybridized carbons (Fsp3) is 0.455. The Kier molecular flexibility index (Phi) is 5.42. The summed E-state index contributed by atoms with van der Waals surface area (Å²) in [6.07, 6.45) is 0.485. The van der Waals surface area contributed by atoms with Gasteiger partial charge in [-0.15, -0.1) is 0 Å². The predicted molar refractivity (Wildman–Crippen MR) is 72.8 cm³/mol. The first-order chi connectivity index (χ1) is 7.96. The Hall–Kier alpha value is -0.590. The van der Waals surface area contributed by atoms with Gasteiger partial charge in [0.1, 0.15) is 0 Å². The average Bonchev–Trinajstić information content (AvgIpc) is 2.25. The lowest BCUT2D eigenvalue weighted by molar-refractivity contribution is 0.199. The summed E-state index contributed by atoms with van der Waals surface area (Å²) in [5.41, 5.74) is 1.49. The van der Waals surface area contributed by atoms with Gasteiger partial charge in [0.05, 0.1) is 11.4 Å². The lowest BCUT2D eigenvalue weighted by Crippen LogP contribution is -2.18. The highest BCUT2D eigenvalue weighted by molar-refractivity contribution is 9.10. The Morgan fingerprint density at radius 3 is 2.76 bits per heavy atom. The fourth-order valence-electron chi connectivity index (χ4n) is 1.33. The minimum Gasteiger partial charge on any atom is -0.385 e. The van der Waals surface area contributed by atoms with Gasteiger partial charge in [-0.05, 0) is 31.0 Å². The largest absolute Gasteiger partial charge is 0.385 e. The minimum atomic E-state index is -3.30. The van der Waals surface area contributed by atoms with Crippen LogP contribution in [-0.4, -0.2) is 27.9 Å². The van der Waals surface area contributed by atoms with Gasteiger partial charge in [0.2, 0.25) is 10.0 Å². The van der Waals surface area contributed by atoms with Gasteiger partial charge in [0, 0.05) is 18.2 Å². The molecule has 0 heterocycles. The van der Waals surface area contributed by atoms with Gasteiger partial charge in [-0.25, -0.2) is 8.42 Å². The van der Waals surface area contributed by atoms with Crippen LogP contribution in [0.2, 0.25) is 0 Å². The monoisotopic (exact) mass is 321 g/mol. The molecule has 0 aliphatic carbocycles. The second-order valence-corrected chi connectivity index (χ2v) is 6.38. The standard InChI is InChI=1S/C11H16BrNO3S/c1-9-10(12)5-3-6-11(9)13-17(14,15)8-4-7-16-2/h3,5-6,13H,4,7-8H2,1-2H3. The van der Waals surface area contributed by atoms with E-state index in [2.05, 4.69) is 20.7 Å². The van der Waals surface area contributed by atoms with E-state index in [1.807, 2.05) is 13.0 Å². The molecular formula is C11H16BrNO3S. The average molecular weight is 322 g/mol. The fourth-order valence-corrected chi connectivity index (χ4v) is 2.85. The molecule has 0 aliphatic rings. The summed E-state index contributed by atoms with van der Waals surface area (Å²) < 4.78 is 31.8. The van der Waals surface area contributed by atoms with Crippen LogP contribution >= 0.6 is 15.9 Å². The molecule has 17 heavy (non-hydrogen) atoms. The van der Waals surface area contributed by atoms with Crippen LogP contribution in [0, 0.1) is 6.92 Å². The van der Waals surface area contributed by atoms with Crippen molar-refractivity contribution in [3.05, 3.63) is 28.2 Å². The normalized spacial score (nSPS) is 11.5. The van der Waals surface area contributed by atoms with Crippen LogP contribution in [0.1, 0.15) is 12.0 Å². The molecule has 0 fully saturated rings. The van der Waals surface area contributed by atoms with Gasteiger partial charge < -0.3 is 4.74 Å². The topological polar surface area (TPSA) is 55.4 Å². The molecule has 0 spiro atoms. The number of anilines is 1. The lowest BCUT2D eigenvalue weighted by Gasteiger charge is -2.11. The maximum absolute atomic E-state index is 11.8. The summed E-state index contributed by atoms with van der Waals surface area (Å²) in [7, 11) is -1.74. The number of nitrogens with one attached hydrogen (secondary N) is 1. The number of ether oxygens (including phenoxy) is 1. The molecule has 0 radical (unpaired) electrons. The second kappa shape index (κ2) is 6.37. The van der Waals surface area contributed by atoms with E-state index in [-0.39, 0.29) is 5.75 Å². The number of hydrogen-bond donors (Lipinski definition) is 1. The predicted octanol–water partition coefficient (Wildman–Crippen LogP) is 2.54. The Morgan fingerprint density at radius 2 is 2.12 bits per heavy atom. The third-order valence-corrected chi connectivity index (χ3v) is 4.51. The van der Waals surface area contributed by atoms with Crippen LogP contribution in [-0.2, 0) is 14.8 Å². The van der Waals surface area contributed by atoms with E-state index >= 15 is 0 Å². The van der Waals surface area contributed by atoms with Crippen LogP contribution in [0.25, 0.3) is 0 Å². The molecule has 0 saturated heterocycles. The molecule has 0 amide bonds. The SMILES string of the molecule is COCCCS(=O)(=O)Nc1cccc(Br)c1C. The summed E-state index contributed by atoms with van der Waals surface area (Å²) in [5.74, 6) is 0.0623. The van der Waals surface area contributed by atoms with Gasteiger partial charge >= 0.3 is 0 Å². The highest BCUT2D eigenvalue weighted by Gasteiger charge is 2.12. The van der Waals surface area contributed by atoms with Crippen molar-refractivity contribution in [2.24, 2.45) is 0 Å². The van der Waals surface area contributed by atoms with E-state index in [0.29, 0.717) is 18.7 Å². The number of halogens is 1. The molecule has 1 aromatic carbocycles. The zero-order valence-electron chi connectivity index (χ0n) is 9.86. The number of rotatable bonds is 6. The summed E-state index contributed by atoms with van der Waals surface area (Å²) in [6, 6.07) is 5.41. The van der Waals surface area contributed by atoms with Crippen LogP contribution in [0.15, 0.2) is 22.7 Å². The zero-order valence-corrected chi connectivity index (χ0v) is 12.3. The van der Waals surface area contributed by atoms with Crippen LogP contribution < -0.4 is 4.72 Å². The van der Waals surface area contributed by atoms with Gasteiger partial charge in [-0.1, -0.05) is 22.0 Å². The van der Waals surface area contributed by atoms with E-state index < -0.39 is 10.0 Å². The summed E-state index contributed by atoms with van der Waals surface area (Å²) in [6.45, 7) is 2.30. The molecular weight excluding hydrogens is 306 g/mol. The Labute approximate surface area is 111 Å². The van der Waals surface area contributed by atoms with Gasteiger partial charge in [-0.3, -0.25) is 4.72 Å². The number of benzene rings is 1. The molecule has 1 rings (SSSR count). The Bertz CT molecular complexity index is 474. The summed E-state index contributed by atoms with van der Waals surface area (Å²) in [5, 5.41) is 0. The molecule has 96 valence electrons. The van der Waals surface area contributed by atoms with Crippen molar-refractivity contribution < 1.29 is 13.2 Å². The van der Waals surface area contributed by atoms with Crippen LogP contribution in [0.5, 0.6) is 0 Å². The highest BCUT2D eigenvalue weighted by Crippen LogP contribution is 2.24. The molecule has 0 saturated carbocycles. The summed E-state index contributed by atoms with van der Waals surface area (Å²) in [4.78, 5) is 0. The van der Waals surface area contributed by atoms with E-state index in [4.69, 9.17) is 4.74 Å². The van der Waals surface area contributed by atoms with Crippen molar-refractivity contribution in [3.8, 4) is 0 Å². The number of sulfonamides is 1. The van der Waals surface area contributed by atoms with E-state index in [1.54, 1.807) is 19.2 Å². The smallest absolute Gasteiger partial charge is 0.232 e. The van der Waals surface area contributed by atoms with Gasteiger partial charge in [0.25, 0.3) is 0 Å². The molecule has 0 aromatic heterocycles. The Morgan fingerprint density at radius 1 is 1.41 bits per heavy atom. The maximum atomic E-state index is 11.8. The molecule has 1 N–H and O–H groups in total. The summed E-state index contributed by atoms with van der Waals surface area (Å²) >= 11 is 3.36. The maximum Gasteiger partial charge on any atom is 0.232 e. The van der Waals surface area contributed by atoms with Crippen molar-refractivity contribution in [1.29, 1.82) is 0 Å². The van der Waals surface area contributed by atoms with Crippen molar-refractivity contribution in [1.82, 2.24) is 0 Å². The third kappa shape index (κ3) is 4.65. The van der Waals surface area contributed by atoms with Crippen molar-refractivity contribution in [2.45, 2.75) is 13.3 Å². The van der Waals surface area contributed by atoms with Crippen molar-refractivity contribution in [3.63, 3.8) is 0 Å². The van der Waals surface area contributed by atoms with Crippen LogP contribution in [0.3, 0.4) is 0 Å².